The Morgan fingerprint density at radius 2 is 1.55 bits per heavy atom. The van der Waals surface area contributed by atoms with Crippen LogP contribution in [-0.4, -0.2) is 31.7 Å². The van der Waals surface area contributed by atoms with E-state index in [2.05, 4.69) is 5.32 Å². The maximum Gasteiger partial charge on any atom is 0.243 e. The lowest BCUT2D eigenvalue weighted by molar-refractivity contribution is -0.121. The number of rotatable bonds is 4. The second-order valence-corrected chi connectivity index (χ2v) is 9.37. The van der Waals surface area contributed by atoms with Crippen molar-refractivity contribution in [3.05, 3.63) is 58.7 Å². The highest BCUT2D eigenvalue weighted by Crippen LogP contribution is 2.29. The molecule has 0 aliphatic carbocycles. The van der Waals surface area contributed by atoms with Crippen molar-refractivity contribution in [1.29, 1.82) is 0 Å². The van der Waals surface area contributed by atoms with Crippen molar-refractivity contribution in [2.24, 2.45) is 5.92 Å². The van der Waals surface area contributed by atoms with Gasteiger partial charge in [0.05, 0.1) is 4.90 Å². The molecule has 29 heavy (non-hydrogen) atoms. The first-order valence-corrected chi connectivity index (χ1v) is 10.9. The molecule has 2 aromatic rings. The Labute approximate surface area is 169 Å². The van der Waals surface area contributed by atoms with Crippen LogP contribution < -0.4 is 5.32 Å². The molecule has 0 saturated carbocycles. The number of anilines is 1. The van der Waals surface area contributed by atoms with E-state index in [4.69, 9.17) is 0 Å². The minimum atomic E-state index is -3.68. The van der Waals surface area contributed by atoms with E-state index < -0.39 is 39.2 Å². The summed E-state index contributed by atoms with van der Waals surface area (Å²) in [5.74, 6) is -2.71. The molecule has 0 radical (unpaired) electrons. The maximum atomic E-state index is 13.7. The van der Waals surface area contributed by atoms with Gasteiger partial charge >= 0.3 is 0 Å². The van der Waals surface area contributed by atoms with Crippen LogP contribution in [0.15, 0.2) is 35.2 Å². The number of aryl methyl sites for hydroxylation is 3. The highest BCUT2D eigenvalue weighted by Gasteiger charge is 2.34. The van der Waals surface area contributed by atoms with Crippen molar-refractivity contribution >= 4 is 21.6 Å². The zero-order valence-corrected chi connectivity index (χ0v) is 17.4. The molecule has 156 valence electrons. The molecule has 1 N–H and O–H groups in total. The van der Waals surface area contributed by atoms with Crippen molar-refractivity contribution in [3.63, 3.8) is 0 Å². The molecule has 1 aliphatic heterocycles. The predicted molar refractivity (Wildman–Crippen MR) is 107 cm³/mol. The van der Waals surface area contributed by atoms with Crippen molar-refractivity contribution < 1.29 is 22.0 Å². The van der Waals surface area contributed by atoms with Crippen LogP contribution in [-0.2, 0) is 14.8 Å². The van der Waals surface area contributed by atoms with E-state index >= 15 is 0 Å². The average molecular weight is 422 g/mol. The average Bonchev–Trinajstić information content (AvgIpc) is 2.63. The van der Waals surface area contributed by atoms with Crippen molar-refractivity contribution in [1.82, 2.24) is 4.31 Å². The number of amides is 1. The number of carbonyl (C=O) groups excluding carboxylic acids is 1. The minimum absolute atomic E-state index is 0.174. The summed E-state index contributed by atoms with van der Waals surface area (Å²) in [4.78, 5) is 12.7. The molecule has 0 spiro atoms. The maximum absolute atomic E-state index is 13.7. The van der Waals surface area contributed by atoms with Gasteiger partial charge in [0.15, 0.2) is 0 Å². The molecular formula is C21H24F2N2O3S. The van der Waals surface area contributed by atoms with Gasteiger partial charge in [0.1, 0.15) is 17.3 Å². The first-order valence-electron chi connectivity index (χ1n) is 9.44. The summed E-state index contributed by atoms with van der Waals surface area (Å²) >= 11 is 0. The fraction of sp³-hybridized carbons (Fsp3) is 0.381. The number of hydrogen-bond acceptors (Lipinski definition) is 3. The van der Waals surface area contributed by atoms with Crippen molar-refractivity contribution in [3.8, 4) is 0 Å². The Kier molecular flexibility index (Phi) is 6.05. The SMILES string of the molecule is Cc1cc(C)c(S(=O)(=O)N2CCC(C(=O)Nc3c(F)cccc3F)CC2)c(C)c1. The summed E-state index contributed by atoms with van der Waals surface area (Å²) in [5, 5.41) is 2.30. The Balaban J connectivity index is 1.71. The van der Waals surface area contributed by atoms with Crippen LogP contribution >= 0.6 is 0 Å². The lowest BCUT2D eigenvalue weighted by atomic mass is 9.97. The van der Waals surface area contributed by atoms with Crippen molar-refractivity contribution in [2.75, 3.05) is 18.4 Å². The summed E-state index contributed by atoms with van der Waals surface area (Å²) in [6, 6.07) is 7.03. The lowest BCUT2D eigenvalue weighted by Gasteiger charge is -2.31. The molecule has 1 fully saturated rings. The van der Waals surface area contributed by atoms with E-state index in [0.717, 1.165) is 17.7 Å². The molecule has 0 atom stereocenters. The van der Waals surface area contributed by atoms with Gasteiger partial charge in [-0.15, -0.1) is 0 Å². The standard InChI is InChI=1S/C21H24F2N2O3S/c1-13-11-14(2)20(15(3)12-13)29(27,28)25-9-7-16(8-10-25)21(26)24-19-17(22)5-4-6-18(19)23/h4-6,11-12,16H,7-10H2,1-3H3,(H,24,26). The number of nitrogens with one attached hydrogen (secondary N) is 1. The van der Waals surface area contributed by atoms with E-state index in [1.165, 1.54) is 10.4 Å². The smallest absolute Gasteiger partial charge is 0.243 e. The molecule has 0 unspecified atom stereocenters. The Bertz CT molecular complexity index is 1000. The third kappa shape index (κ3) is 4.33. The normalized spacial score (nSPS) is 16.0. The number of hydrogen-bond donors (Lipinski definition) is 1. The van der Waals surface area contributed by atoms with Crippen LogP contribution in [0.2, 0.25) is 0 Å². The van der Waals surface area contributed by atoms with Gasteiger partial charge in [0.25, 0.3) is 0 Å². The summed E-state index contributed by atoms with van der Waals surface area (Å²) in [6.45, 7) is 5.81. The van der Waals surface area contributed by atoms with Gasteiger partial charge < -0.3 is 5.32 Å². The molecule has 3 rings (SSSR count). The zero-order valence-electron chi connectivity index (χ0n) is 16.6. The molecule has 5 nitrogen and oxygen atoms in total. The van der Waals surface area contributed by atoms with Crippen LogP contribution in [0.4, 0.5) is 14.5 Å². The number of halogens is 2. The van der Waals surface area contributed by atoms with E-state index in [1.807, 2.05) is 19.1 Å². The van der Waals surface area contributed by atoms with E-state index in [0.29, 0.717) is 16.0 Å². The van der Waals surface area contributed by atoms with Crippen LogP contribution in [0.25, 0.3) is 0 Å². The summed E-state index contributed by atoms with van der Waals surface area (Å²) in [5.41, 5.74) is 1.91. The minimum Gasteiger partial charge on any atom is -0.321 e. The Morgan fingerprint density at radius 3 is 2.07 bits per heavy atom. The fourth-order valence-electron chi connectivity index (χ4n) is 3.90. The number of nitrogens with zero attached hydrogens (tertiary/aromatic N) is 1. The second kappa shape index (κ2) is 8.20. The van der Waals surface area contributed by atoms with Gasteiger partial charge in [0.2, 0.25) is 15.9 Å². The molecule has 1 aliphatic rings. The molecule has 2 aromatic carbocycles. The largest absolute Gasteiger partial charge is 0.321 e. The van der Waals surface area contributed by atoms with Gasteiger partial charge in [-0.2, -0.15) is 4.31 Å². The number of piperidine rings is 1. The van der Waals surface area contributed by atoms with Crippen molar-refractivity contribution in [2.45, 2.75) is 38.5 Å². The molecule has 0 aromatic heterocycles. The Hall–Kier alpha value is -2.32. The molecule has 1 saturated heterocycles. The van der Waals surface area contributed by atoms with Crippen LogP contribution in [0.3, 0.4) is 0 Å². The Morgan fingerprint density at radius 1 is 1.03 bits per heavy atom. The highest BCUT2D eigenvalue weighted by atomic mass is 32.2. The van der Waals surface area contributed by atoms with E-state index in [-0.39, 0.29) is 25.9 Å². The predicted octanol–water partition coefficient (Wildman–Crippen LogP) is 3.93. The summed E-state index contributed by atoms with van der Waals surface area (Å²) < 4.78 is 55.1. The number of para-hydroxylation sites is 1. The summed E-state index contributed by atoms with van der Waals surface area (Å²) in [7, 11) is -3.68. The topological polar surface area (TPSA) is 66.5 Å². The highest BCUT2D eigenvalue weighted by molar-refractivity contribution is 7.89. The van der Waals surface area contributed by atoms with Crippen LogP contribution in [0, 0.1) is 38.3 Å². The third-order valence-electron chi connectivity index (χ3n) is 5.24. The molecule has 0 bridgehead atoms. The van der Waals surface area contributed by atoms with Gasteiger partial charge in [-0.05, 0) is 56.9 Å². The first kappa shape index (κ1) is 21.4. The molecule has 1 amide bonds. The fourth-order valence-corrected chi connectivity index (χ4v) is 5.78. The lowest BCUT2D eigenvalue weighted by Crippen LogP contribution is -2.41. The molecular weight excluding hydrogens is 398 g/mol. The van der Waals surface area contributed by atoms with Crippen LogP contribution in [0.1, 0.15) is 29.5 Å². The quantitative estimate of drug-likeness (QED) is 0.812. The van der Waals surface area contributed by atoms with Gasteiger partial charge in [-0.1, -0.05) is 23.8 Å². The first-order chi connectivity index (χ1) is 13.6. The monoisotopic (exact) mass is 422 g/mol. The number of benzene rings is 2. The van der Waals surface area contributed by atoms with Crippen LogP contribution in [0.5, 0.6) is 0 Å². The third-order valence-corrected chi connectivity index (χ3v) is 7.44. The second-order valence-electron chi connectivity index (χ2n) is 7.49. The zero-order chi connectivity index (χ0) is 21.3. The van der Waals surface area contributed by atoms with Gasteiger partial charge in [-0.25, -0.2) is 17.2 Å². The van der Waals surface area contributed by atoms with Gasteiger partial charge in [-0.3, -0.25) is 4.79 Å². The number of sulfonamides is 1. The molecule has 1 heterocycles. The molecule has 8 heteroatoms. The van der Waals surface area contributed by atoms with Gasteiger partial charge in [0, 0.05) is 19.0 Å². The van der Waals surface area contributed by atoms with E-state index in [1.54, 1.807) is 13.8 Å². The number of carbonyl (C=O) groups is 1. The van der Waals surface area contributed by atoms with E-state index in [9.17, 15) is 22.0 Å². The summed E-state index contributed by atoms with van der Waals surface area (Å²) in [6.07, 6.45) is 0.566.